The zero-order valence-corrected chi connectivity index (χ0v) is 13.1. The van der Waals surface area contributed by atoms with Crippen molar-refractivity contribution in [2.24, 2.45) is 0 Å². The number of aromatic amines is 2. The molecule has 1 saturated heterocycles. The highest BCUT2D eigenvalue weighted by Gasteiger charge is 2.25. The summed E-state index contributed by atoms with van der Waals surface area (Å²) in [4.78, 5) is 21.7. The minimum Gasteiger partial charge on any atom is -0.324 e. The molecule has 0 bridgehead atoms. The van der Waals surface area contributed by atoms with Gasteiger partial charge in [-0.15, -0.1) is 0 Å². The summed E-state index contributed by atoms with van der Waals surface area (Å²) in [6, 6.07) is 6.25. The van der Waals surface area contributed by atoms with Gasteiger partial charge in [0.15, 0.2) is 5.69 Å². The molecule has 24 heavy (non-hydrogen) atoms. The second-order valence-corrected chi connectivity index (χ2v) is 6.05. The Kier molecular flexibility index (Phi) is 3.53. The Morgan fingerprint density at radius 2 is 2.29 bits per heavy atom. The molecule has 3 heterocycles. The van der Waals surface area contributed by atoms with Crippen LogP contribution in [0.5, 0.6) is 0 Å². The van der Waals surface area contributed by atoms with Gasteiger partial charge in [0.05, 0.1) is 22.8 Å². The largest absolute Gasteiger partial charge is 0.324 e. The fraction of sp³-hybridized carbons (Fsp3) is 0.312. The maximum Gasteiger partial charge on any atom is 0.278 e. The van der Waals surface area contributed by atoms with Gasteiger partial charge >= 0.3 is 0 Å². The number of carbonyl (C=O) groups is 1. The quantitative estimate of drug-likeness (QED) is 0.689. The van der Waals surface area contributed by atoms with E-state index in [-0.39, 0.29) is 23.7 Å². The average molecular weight is 328 g/mol. The lowest BCUT2D eigenvalue weighted by molar-refractivity contribution is 0.102. The Hall–Kier alpha value is -2.74. The molecule has 1 amide bonds. The van der Waals surface area contributed by atoms with Crippen LogP contribution in [0.1, 0.15) is 35.1 Å². The topological polar surface area (TPSA) is 89.7 Å². The molecule has 124 valence electrons. The predicted octanol–water partition coefficient (Wildman–Crippen LogP) is 2.44. The minimum absolute atomic E-state index is 0.267. The van der Waals surface area contributed by atoms with E-state index >= 15 is 0 Å². The molecule has 7 nitrogen and oxygen atoms in total. The van der Waals surface area contributed by atoms with Crippen LogP contribution in [0.4, 0.5) is 10.3 Å². The molecule has 0 aliphatic carbocycles. The molecule has 1 atom stereocenters. The molecule has 3 aromatic rings. The van der Waals surface area contributed by atoms with Gasteiger partial charge in [-0.1, -0.05) is 0 Å². The fourth-order valence-corrected chi connectivity index (χ4v) is 3.14. The van der Waals surface area contributed by atoms with Crippen molar-refractivity contribution in [3.8, 4) is 0 Å². The highest BCUT2D eigenvalue weighted by Crippen LogP contribution is 2.29. The van der Waals surface area contributed by atoms with Gasteiger partial charge in [-0.3, -0.25) is 20.1 Å². The SMILES string of the molecule is CN1CCCC1c1cc(C(=O)Nc2nc3ccc(F)cc3[nH]2)n[nH]1. The Morgan fingerprint density at radius 1 is 1.42 bits per heavy atom. The molecule has 2 aromatic heterocycles. The summed E-state index contributed by atoms with van der Waals surface area (Å²) in [5, 5.41) is 9.70. The summed E-state index contributed by atoms with van der Waals surface area (Å²) in [5.74, 6) is -0.456. The van der Waals surface area contributed by atoms with Gasteiger partial charge in [0, 0.05) is 0 Å². The summed E-state index contributed by atoms with van der Waals surface area (Å²) < 4.78 is 13.2. The zero-order chi connectivity index (χ0) is 16.7. The lowest BCUT2D eigenvalue weighted by atomic mass is 10.1. The number of nitrogens with one attached hydrogen (secondary N) is 3. The first-order valence-corrected chi connectivity index (χ1v) is 7.82. The number of hydrogen-bond donors (Lipinski definition) is 3. The number of halogens is 1. The molecular formula is C16H17FN6O. The van der Waals surface area contributed by atoms with E-state index in [9.17, 15) is 9.18 Å². The van der Waals surface area contributed by atoms with E-state index < -0.39 is 0 Å². The summed E-state index contributed by atoms with van der Waals surface area (Å²) in [6.45, 7) is 1.04. The van der Waals surface area contributed by atoms with Crippen molar-refractivity contribution >= 4 is 22.9 Å². The zero-order valence-electron chi connectivity index (χ0n) is 13.1. The molecule has 0 saturated carbocycles. The third-order valence-corrected chi connectivity index (χ3v) is 4.39. The number of rotatable bonds is 3. The monoisotopic (exact) mass is 328 g/mol. The van der Waals surface area contributed by atoms with Crippen molar-refractivity contribution in [2.75, 3.05) is 18.9 Å². The normalized spacial score (nSPS) is 18.3. The van der Waals surface area contributed by atoms with Crippen LogP contribution >= 0.6 is 0 Å². The second-order valence-electron chi connectivity index (χ2n) is 6.05. The van der Waals surface area contributed by atoms with E-state index in [0.717, 1.165) is 25.1 Å². The molecule has 4 rings (SSSR count). The van der Waals surface area contributed by atoms with Gasteiger partial charge < -0.3 is 4.98 Å². The minimum atomic E-state index is -0.363. The van der Waals surface area contributed by atoms with Crippen LogP contribution in [0.25, 0.3) is 11.0 Å². The third kappa shape index (κ3) is 2.65. The number of amides is 1. The van der Waals surface area contributed by atoms with Gasteiger partial charge in [0.25, 0.3) is 5.91 Å². The number of fused-ring (bicyclic) bond motifs is 1. The molecular weight excluding hydrogens is 311 g/mol. The van der Waals surface area contributed by atoms with Crippen molar-refractivity contribution in [1.29, 1.82) is 0 Å². The van der Waals surface area contributed by atoms with E-state index in [4.69, 9.17) is 0 Å². The van der Waals surface area contributed by atoms with Gasteiger partial charge in [0.2, 0.25) is 5.95 Å². The number of hydrogen-bond acceptors (Lipinski definition) is 4. The fourth-order valence-electron chi connectivity index (χ4n) is 3.14. The first-order valence-electron chi connectivity index (χ1n) is 7.82. The van der Waals surface area contributed by atoms with Crippen LogP contribution in [-0.2, 0) is 0 Å². The van der Waals surface area contributed by atoms with Gasteiger partial charge in [-0.2, -0.15) is 5.10 Å². The first kappa shape index (κ1) is 14.8. The number of carbonyl (C=O) groups excluding carboxylic acids is 1. The molecule has 1 aliphatic heterocycles. The van der Waals surface area contributed by atoms with Crippen molar-refractivity contribution in [2.45, 2.75) is 18.9 Å². The van der Waals surface area contributed by atoms with Crippen molar-refractivity contribution in [3.05, 3.63) is 41.5 Å². The molecule has 3 N–H and O–H groups in total. The summed E-state index contributed by atoms with van der Waals surface area (Å²) in [6.07, 6.45) is 2.19. The molecule has 1 aliphatic rings. The number of nitrogens with zero attached hydrogens (tertiary/aromatic N) is 3. The van der Waals surface area contributed by atoms with Crippen LogP contribution in [0.3, 0.4) is 0 Å². The van der Waals surface area contributed by atoms with Crippen LogP contribution in [0.15, 0.2) is 24.3 Å². The van der Waals surface area contributed by atoms with Crippen molar-refractivity contribution < 1.29 is 9.18 Å². The van der Waals surface area contributed by atoms with E-state index in [1.807, 2.05) is 0 Å². The number of aromatic nitrogens is 4. The van der Waals surface area contributed by atoms with Crippen molar-refractivity contribution in [3.63, 3.8) is 0 Å². The number of anilines is 1. The van der Waals surface area contributed by atoms with Crippen LogP contribution in [0, 0.1) is 5.82 Å². The molecule has 1 aromatic carbocycles. The Bertz CT molecular complexity index is 901. The highest BCUT2D eigenvalue weighted by atomic mass is 19.1. The smallest absolute Gasteiger partial charge is 0.278 e. The molecule has 1 fully saturated rings. The summed E-state index contributed by atoms with van der Waals surface area (Å²) in [7, 11) is 2.06. The highest BCUT2D eigenvalue weighted by molar-refractivity contribution is 6.02. The van der Waals surface area contributed by atoms with Gasteiger partial charge in [-0.05, 0) is 50.7 Å². The third-order valence-electron chi connectivity index (χ3n) is 4.39. The standard InChI is InChI=1S/C16H17FN6O/c1-23-6-2-3-14(23)12-8-13(22-21-12)15(24)20-16-18-10-5-4-9(17)7-11(10)19-16/h4-5,7-8,14H,2-3,6H2,1H3,(H,21,22)(H2,18,19,20,24). The molecule has 0 spiro atoms. The van der Waals surface area contributed by atoms with E-state index in [1.54, 1.807) is 12.1 Å². The maximum absolute atomic E-state index is 13.2. The maximum atomic E-state index is 13.2. The molecule has 1 unspecified atom stereocenters. The lowest BCUT2D eigenvalue weighted by Crippen LogP contribution is -2.17. The van der Waals surface area contributed by atoms with Crippen LogP contribution in [0.2, 0.25) is 0 Å². The second kappa shape index (κ2) is 5.72. The van der Waals surface area contributed by atoms with Crippen LogP contribution in [-0.4, -0.2) is 44.6 Å². The van der Waals surface area contributed by atoms with Crippen molar-refractivity contribution in [1.82, 2.24) is 25.1 Å². The van der Waals surface area contributed by atoms with E-state index in [0.29, 0.717) is 16.7 Å². The molecule has 0 radical (unpaired) electrons. The first-order chi connectivity index (χ1) is 11.6. The average Bonchev–Trinajstić information content (AvgIpc) is 3.25. The predicted molar refractivity (Wildman–Crippen MR) is 87.2 cm³/mol. The molecule has 8 heteroatoms. The number of H-pyrrole nitrogens is 2. The number of benzene rings is 1. The Balaban J connectivity index is 1.52. The van der Waals surface area contributed by atoms with Gasteiger partial charge in [-0.25, -0.2) is 9.37 Å². The van der Waals surface area contributed by atoms with Gasteiger partial charge in [0.1, 0.15) is 5.82 Å². The Morgan fingerprint density at radius 3 is 3.08 bits per heavy atom. The Labute approximate surface area is 137 Å². The number of imidazole rings is 1. The lowest BCUT2D eigenvalue weighted by Gasteiger charge is -2.16. The van der Waals surface area contributed by atoms with Crippen LogP contribution < -0.4 is 5.32 Å². The number of likely N-dealkylation sites (tertiary alicyclic amines) is 1. The summed E-state index contributed by atoms with van der Waals surface area (Å²) >= 11 is 0. The van der Waals surface area contributed by atoms with E-state index in [2.05, 4.69) is 37.4 Å². The van der Waals surface area contributed by atoms with E-state index in [1.165, 1.54) is 12.1 Å². The summed E-state index contributed by atoms with van der Waals surface area (Å²) in [5.41, 5.74) is 2.35.